The molecule has 1 atom stereocenters. The van der Waals surface area contributed by atoms with E-state index in [4.69, 9.17) is 9.47 Å². The highest BCUT2D eigenvalue weighted by Gasteiger charge is 2.34. The first-order chi connectivity index (χ1) is 8.45. The molecule has 0 aliphatic heterocycles. The highest BCUT2D eigenvalue weighted by molar-refractivity contribution is 5.35. The summed E-state index contributed by atoms with van der Waals surface area (Å²) in [4.78, 5) is 0. The van der Waals surface area contributed by atoms with Crippen LogP contribution in [0.2, 0.25) is 0 Å². The lowest BCUT2D eigenvalue weighted by Crippen LogP contribution is -2.20. The minimum atomic E-state index is -4.46. The van der Waals surface area contributed by atoms with Gasteiger partial charge in [0.25, 0.3) is 0 Å². The number of aliphatic hydroxyl groups is 1. The monoisotopic (exact) mass is 264 g/mol. The van der Waals surface area contributed by atoms with Gasteiger partial charge in [0.05, 0.1) is 11.7 Å². The van der Waals surface area contributed by atoms with E-state index in [1.54, 1.807) is 0 Å². The summed E-state index contributed by atoms with van der Waals surface area (Å²) in [5, 5.41) is 9.45. The quantitative estimate of drug-likeness (QED) is 0.858. The maximum atomic E-state index is 12.6. The summed E-state index contributed by atoms with van der Waals surface area (Å²) in [6, 6.07) is 4.91. The number of hydrogen-bond donors (Lipinski definition) is 1. The first kappa shape index (κ1) is 14.8. The summed E-state index contributed by atoms with van der Waals surface area (Å²) >= 11 is 0. The van der Waals surface area contributed by atoms with E-state index in [-0.39, 0.29) is 12.4 Å². The lowest BCUT2D eigenvalue weighted by molar-refractivity contribution is -0.139. The second-order valence-corrected chi connectivity index (χ2v) is 3.74. The summed E-state index contributed by atoms with van der Waals surface area (Å²) in [7, 11) is 1.48. The van der Waals surface area contributed by atoms with Gasteiger partial charge in [-0.2, -0.15) is 13.2 Å². The molecule has 0 bridgehead atoms. The molecule has 0 radical (unpaired) electrons. The molecule has 0 fully saturated rings. The van der Waals surface area contributed by atoms with Crippen molar-refractivity contribution in [1.82, 2.24) is 0 Å². The molecule has 1 aromatic rings. The molecule has 0 aromatic heterocycles. The van der Waals surface area contributed by atoms with Crippen LogP contribution >= 0.6 is 0 Å². The summed E-state index contributed by atoms with van der Waals surface area (Å²) in [5.74, 6) is -0.276. The summed E-state index contributed by atoms with van der Waals surface area (Å²) < 4.78 is 47.6. The lowest BCUT2D eigenvalue weighted by Gasteiger charge is -2.16. The second kappa shape index (κ2) is 6.61. The fraction of sp³-hybridized carbons (Fsp3) is 0.500. The van der Waals surface area contributed by atoms with Crippen LogP contribution in [0, 0.1) is 0 Å². The van der Waals surface area contributed by atoms with Crippen LogP contribution in [0.1, 0.15) is 12.0 Å². The van der Waals surface area contributed by atoms with Crippen molar-refractivity contribution < 1.29 is 27.8 Å². The Hall–Kier alpha value is -1.27. The number of hydrogen-bond acceptors (Lipinski definition) is 3. The highest BCUT2D eigenvalue weighted by atomic mass is 19.4. The largest absolute Gasteiger partial charge is 0.490 e. The Morgan fingerprint density at radius 3 is 2.56 bits per heavy atom. The molecule has 0 saturated heterocycles. The topological polar surface area (TPSA) is 38.7 Å². The zero-order valence-electron chi connectivity index (χ0n) is 9.91. The summed E-state index contributed by atoms with van der Waals surface area (Å²) in [6.07, 6.45) is -5.01. The molecule has 0 amide bonds. The van der Waals surface area contributed by atoms with Gasteiger partial charge in [0.2, 0.25) is 0 Å². The number of benzene rings is 1. The number of rotatable bonds is 6. The van der Waals surface area contributed by atoms with Crippen molar-refractivity contribution in [3.63, 3.8) is 0 Å². The molecule has 0 aliphatic carbocycles. The van der Waals surface area contributed by atoms with Crippen LogP contribution < -0.4 is 4.74 Å². The first-order valence-corrected chi connectivity index (χ1v) is 5.41. The van der Waals surface area contributed by atoms with Crippen molar-refractivity contribution in [2.24, 2.45) is 0 Å². The smallest absolute Gasteiger partial charge is 0.419 e. The Balaban J connectivity index is 2.62. The molecule has 0 aliphatic rings. The number of para-hydroxylation sites is 1. The first-order valence-electron chi connectivity index (χ1n) is 5.41. The van der Waals surface area contributed by atoms with Crippen molar-refractivity contribution in [3.05, 3.63) is 29.8 Å². The molecule has 1 unspecified atom stereocenters. The molecule has 0 spiro atoms. The van der Waals surface area contributed by atoms with Crippen LogP contribution in [0.3, 0.4) is 0 Å². The molecule has 102 valence electrons. The molecular formula is C12H15F3O3. The van der Waals surface area contributed by atoms with Gasteiger partial charge >= 0.3 is 6.18 Å². The van der Waals surface area contributed by atoms with E-state index in [1.807, 2.05) is 0 Å². The van der Waals surface area contributed by atoms with Gasteiger partial charge in [-0.05, 0) is 18.6 Å². The van der Waals surface area contributed by atoms with Gasteiger partial charge in [-0.15, -0.1) is 0 Å². The van der Waals surface area contributed by atoms with Crippen LogP contribution in [0.25, 0.3) is 0 Å². The standard InChI is InChI=1S/C12H15F3O3/c1-17-7-6-9(16)8-18-11-5-3-2-4-10(11)12(13,14)15/h2-5,9,16H,6-8H2,1H3. The lowest BCUT2D eigenvalue weighted by atomic mass is 10.2. The van der Waals surface area contributed by atoms with Gasteiger partial charge in [0.1, 0.15) is 12.4 Å². The van der Waals surface area contributed by atoms with Gasteiger partial charge in [-0.3, -0.25) is 0 Å². The van der Waals surface area contributed by atoms with Gasteiger partial charge in [0.15, 0.2) is 0 Å². The number of methoxy groups -OCH3 is 1. The van der Waals surface area contributed by atoms with E-state index in [1.165, 1.54) is 25.3 Å². The van der Waals surface area contributed by atoms with E-state index in [0.717, 1.165) is 6.07 Å². The average molecular weight is 264 g/mol. The summed E-state index contributed by atoms with van der Waals surface area (Å²) in [5.41, 5.74) is -0.844. The third kappa shape index (κ3) is 4.54. The van der Waals surface area contributed by atoms with Crippen molar-refractivity contribution in [2.75, 3.05) is 20.3 Å². The Morgan fingerprint density at radius 2 is 1.94 bits per heavy atom. The van der Waals surface area contributed by atoms with Crippen LogP contribution in [-0.4, -0.2) is 31.5 Å². The highest BCUT2D eigenvalue weighted by Crippen LogP contribution is 2.35. The van der Waals surface area contributed by atoms with E-state index >= 15 is 0 Å². The SMILES string of the molecule is COCCC(O)COc1ccccc1C(F)(F)F. The minimum absolute atomic E-state index is 0.198. The van der Waals surface area contributed by atoms with Crippen LogP contribution in [0.5, 0.6) is 5.75 Å². The van der Waals surface area contributed by atoms with Crippen LogP contribution in [0.4, 0.5) is 13.2 Å². The van der Waals surface area contributed by atoms with E-state index < -0.39 is 17.8 Å². The van der Waals surface area contributed by atoms with Gasteiger partial charge < -0.3 is 14.6 Å². The molecule has 1 rings (SSSR count). The third-order valence-corrected chi connectivity index (χ3v) is 2.28. The molecule has 3 nitrogen and oxygen atoms in total. The number of alkyl halides is 3. The molecule has 1 N–H and O–H groups in total. The minimum Gasteiger partial charge on any atom is -0.490 e. The van der Waals surface area contributed by atoms with Crippen LogP contribution in [0.15, 0.2) is 24.3 Å². The molecule has 18 heavy (non-hydrogen) atoms. The van der Waals surface area contributed by atoms with E-state index in [9.17, 15) is 18.3 Å². The summed E-state index contributed by atoms with van der Waals surface area (Å²) in [6.45, 7) is 0.127. The normalized spacial score (nSPS) is 13.4. The number of halogens is 3. The zero-order chi connectivity index (χ0) is 13.6. The Bertz CT molecular complexity index is 366. The zero-order valence-corrected chi connectivity index (χ0v) is 9.91. The predicted molar refractivity (Wildman–Crippen MR) is 59.4 cm³/mol. The number of ether oxygens (including phenoxy) is 2. The third-order valence-electron chi connectivity index (χ3n) is 2.28. The Labute approximate surface area is 103 Å². The van der Waals surface area contributed by atoms with Gasteiger partial charge in [-0.1, -0.05) is 12.1 Å². The Kier molecular flexibility index (Phi) is 5.43. The molecule has 0 saturated carbocycles. The molecule has 0 heterocycles. The Morgan fingerprint density at radius 1 is 1.28 bits per heavy atom. The van der Waals surface area contributed by atoms with Gasteiger partial charge in [-0.25, -0.2) is 0 Å². The van der Waals surface area contributed by atoms with Crippen molar-refractivity contribution in [3.8, 4) is 5.75 Å². The van der Waals surface area contributed by atoms with E-state index in [0.29, 0.717) is 13.0 Å². The number of aliphatic hydroxyl groups excluding tert-OH is 1. The maximum absolute atomic E-state index is 12.6. The fourth-order valence-corrected chi connectivity index (χ4v) is 1.35. The van der Waals surface area contributed by atoms with Crippen molar-refractivity contribution in [1.29, 1.82) is 0 Å². The molecule has 1 aromatic carbocycles. The predicted octanol–water partition coefficient (Wildman–Crippen LogP) is 2.48. The fourth-order valence-electron chi connectivity index (χ4n) is 1.35. The molecular weight excluding hydrogens is 249 g/mol. The van der Waals surface area contributed by atoms with Gasteiger partial charge in [0, 0.05) is 13.7 Å². The average Bonchev–Trinajstić information content (AvgIpc) is 2.33. The molecule has 6 heteroatoms. The van der Waals surface area contributed by atoms with Crippen LogP contribution in [-0.2, 0) is 10.9 Å². The van der Waals surface area contributed by atoms with Crippen molar-refractivity contribution >= 4 is 0 Å². The second-order valence-electron chi connectivity index (χ2n) is 3.74. The van der Waals surface area contributed by atoms with E-state index in [2.05, 4.69) is 0 Å². The van der Waals surface area contributed by atoms with Crippen molar-refractivity contribution in [2.45, 2.75) is 18.7 Å². The maximum Gasteiger partial charge on any atom is 0.419 e.